The second-order valence-corrected chi connectivity index (χ2v) is 4.61. The molecule has 1 unspecified atom stereocenters. The Kier molecular flexibility index (Phi) is 4.62. The summed E-state index contributed by atoms with van der Waals surface area (Å²) in [6.45, 7) is 4.27. The average molecular weight is 267 g/mol. The summed E-state index contributed by atoms with van der Waals surface area (Å²) in [7, 11) is 0. The molecule has 0 radical (unpaired) electrons. The molecule has 6 heteroatoms. The fourth-order valence-corrected chi connectivity index (χ4v) is 1.21. The molecule has 96 valence electrons. The molecular weight excluding hydrogens is 253 g/mol. The maximum atomic E-state index is 12.4. The number of hydrogen-bond acceptors (Lipinski definition) is 2. The molecule has 1 aromatic heterocycles. The van der Waals surface area contributed by atoms with Crippen LogP contribution in [-0.2, 0) is 6.18 Å². The van der Waals surface area contributed by atoms with Gasteiger partial charge in [-0.15, -0.1) is 11.6 Å². The van der Waals surface area contributed by atoms with E-state index >= 15 is 0 Å². The second-order valence-electron chi connectivity index (χ2n) is 4.05. The second kappa shape index (κ2) is 5.58. The zero-order valence-electron chi connectivity index (χ0n) is 9.55. The van der Waals surface area contributed by atoms with E-state index in [4.69, 9.17) is 11.6 Å². The summed E-state index contributed by atoms with van der Waals surface area (Å²) in [4.78, 5) is 3.48. The zero-order valence-corrected chi connectivity index (χ0v) is 10.3. The topological polar surface area (TPSA) is 24.9 Å². The number of pyridine rings is 1. The number of anilines is 1. The molecular formula is C11H14ClF3N2. The van der Waals surface area contributed by atoms with Gasteiger partial charge in [-0.05, 0) is 18.1 Å². The lowest BCUT2D eigenvalue weighted by Gasteiger charge is -2.15. The molecule has 1 N–H and O–H groups in total. The van der Waals surface area contributed by atoms with Crippen LogP contribution in [0, 0.1) is 5.92 Å². The van der Waals surface area contributed by atoms with Gasteiger partial charge in [0.15, 0.2) is 0 Å². The highest BCUT2D eigenvalue weighted by atomic mass is 35.5. The molecule has 1 atom stereocenters. The minimum Gasteiger partial charge on any atom is -0.369 e. The lowest BCUT2D eigenvalue weighted by Crippen LogP contribution is -2.20. The molecule has 0 aliphatic carbocycles. The SMILES string of the molecule is CC(C)C(Cl)CNc1cccc(C(F)(F)F)n1. The van der Waals surface area contributed by atoms with Gasteiger partial charge in [0.1, 0.15) is 11.5 Å². The fourth-order valence-electron chi connectivity index (χ4n) is 1.13. The molecule has 1 aromatic rings. The van der Waals surface area contributed by atoms with Crippen molar-refractivity contribution in [3.63, 3.8) is 0 Å². The highest BCUT2D eigenvalue weighted by Gasteiger charge is 2.32. The molecule has 17 heavy (non-hydrogen) atoms. The van der Waals surface area contributed by atoms with Crippen molar-refractivity contribution in [2.75, 3.05) is 11.9 Å². The summed E-state index contributed by atoms with van der Waals surface area (Å²) in [5.74, 6) is 0.432. The molecule has 0 amide bonds. The van der Waals surface area contributed by atoms with Crippen LogP contribution in [0.4, 0.5) is 19.0 Å². The largest absolute Gasteiger partial charge is 0.433 e. The van der Waals surface area contributed by atoms with Crippen molar-refractivity contribution in [3.8, 4) is 0 Å². The van der Waals surface area contributed by atoms with Gasteiger partial charge in [0.25, 0.3) is 0 Å². The van der Waals surface area contributed by atoms with Crippen molar-refractivity contribution in [2.45, 2.75) is 25.4 Å². The number of alkyl halides is 4. The van der Waals surface area contributed by atoms with Crippen LogP contribution in [0.5, 0.6) is 0 Å². The first kappa shape index (κ1) is 14.1. The first-order chi connectivity index (χ1) is 7.80. The van der Waals surface area contributed by atoms with Gasteiger partial charge < -0.3 is 5.32 Å². The van der Waals surface area contributed by atoms with Crippen LogP contribution in [0.3, 0.4) is 0 Å². The highest BCUT2D eigenvalue weighted by Crippen LogP contribution is 2.28. The Morgan fingerprint density at radius 2 is 2.00 bits per heavy atom. The Morgan fingerprint density at radius 1 is 1.35 bits per heavy atom. The Hall–Kier alpha value is -0.970. The molecule has 1 heterocycles. The highest BCUT2D eigenvalue weighted by molar-refractivity contribution is 6.21. The van der Waals surface area contributed by atoms with E-state index in [0.29, 0.717) is 6.54 Å². The van der Waals surface area contributed by atoms with Gasteiger partial charge in [0, 0.05) is 6.54 Å². The van der Waals surface area contributed by atoms with Gasteiger partial charge in [0.2, 0.25) is 0 Å². The molecule has 0 aromatic carbocycles. The van der Waals surface area contributed by atoms with Crippen LogP contribution < -0.4 is 5.32 Å². The van der Waals surface area contributed by atoms with E-state index in [1.54, 1.807) is 0 Å². The van der Waals surface area contributed by atoms with Crippen LogP contribution >= 0.6 is 11.6 Å². The van der Waals surface area contributed by atoms with Gasteiger partial charge in [-0.1, -0.05) is 19.9 Å². The molecule has 1 rings (SSSR count). The van der Waals surface area contributed by atoms with E-state index < -0.39 is 11.9 Å². The van der Waals surface area contributed by atoms with Crippen LogP contribution in [0.15, 0.2) is 18.2 Å². The molecule has 0 aliphatic heterocycles. The van der Waals surface area contributed by atoms with Gasteiger partial charge in [-0.2, -0.15) is 13.2 Å². The van der Waals surface area contributed by atoms with E-state index in [9.17, 15) is 13.2 Å². The van der Waals surface area contributed by atoms with Crippen molar-refractivity contribution in [2.24, 2.45) is 5.92 Å². The number of halogens is 4. The third-order valence-electron chi connectivity index (χ3n) is 2.24. The van der Waals surface area contributed by atoms with Crippen molar-refractivity contribution in [1.82, 2.24) is 4.98 Å². The molecule has 0 aliphatic rings. The molecule has 0 spiro atoms. The minimum atomic E-state index is -4.42. The smallest absolute Gasteiger partial charge is 0.369 e. The lowest BCUT2D eigenvalue weighted by molar-refractivity contribution is -0.141. The summed E-state index contributed by atoms with van der Waals surface area (Å²) in [6.07, 6.45) is -4.42. The predicted molar refractivity (Wildman–Crippen MR) is 62.2 cm³/mol. The fraction of sp³-hybridized carbons (Fsp3) is 0.545. The van der Waals surface area contributed by atoms with Gasteiger partial charge in [0.05, 0.1) is 5.38 Å². The number of aromatic nitrogens is 1. The number of rotatable bonds is 4. The van der Waals surface area contributed by atoms with E-state index in [1.165, 1.54) is 12.1 Å². The first-order valence-corrected chi connectivity index (χ1v) is 5.66. The van der Waals surface area contributed by atoms with E-state index in [-0.39, 0.29) is 17.1 Å². The number of nitrogens with zero attached hydrogens (tertiary/aromatic N) is 1. The summed E-state index contributed by atoms with van der Waals surface area (Å²) in [6, 6.07) is 3.74. The minimum absolute atomic E-state index is 0.147. The summed E-state index contributed by atoms with van der Waals surface area (Å²) in [5, 5.41) is 2.65. The molecule has 2 nitrogen and oxygen atoms in total. The molecule has 0 fully saturated rings. The third kappa shape index (κ3) is 4.42. The average Bonchev–Trinajstić information content (AvgIpc) is 2.25. The maximum Gasteiger partial charge on any atom is 0.433 e. The van der Waals surface area contributed by atoms with Crippen molar-refractivity contribution in [1.29, 1.82) is 0 Å². The van der Waals surface area contributed by atoms with Crippen LogP contribution in [0.2, 0.25) is 0 Å². The predicted octanol–water partition coefficient (Wildman–Crippen LogP) is 3.78. The summed E-state index contributed by atoms with van der Waals surface area (Å²) >= 11 is 5.98. The van der Waals surface area contributed by atoms with Crippen LogP contribution in [0.25, 0.3) is 0 Å². The van der Waals surface area contributed by atoms with Gasteiger partial charge >= 0.3 is 6.18 Å². The van der Waals surface area contributed by atoms with Crippen molar-refractivity contribution >= 4 is 17.4 Å². The van der Waals surface area contributed by atoms with Crippen molar-refractivity contribution < 1.29 is 13.2 Å². The Bertz CT molecular complexity index is 366. The van der Waals surface area contributed by atoms with E-state index in [0.717, 1.165) is 6.07 Å². The third-order valence-corrected chi connectivity index (χ3v) is 2.90. The summed E-state index contributed by atoms with van der Waals surface area (Å²) < 4.78 is 37.1. The monoisotopic (exact) mass is 266 g/mol. The number of hydrogen-bond donors (Lipinski definition) is 1. The number of nitrogens with one attached hydrogen (secondary N) is 1. The lowest BCUT2D eigenvalue weighted by atomic mass is 10.1. The molecule has 0 saturated heterocycles. The first-order valence-electron chi connectivity index (χ1n) is 5.23. The van der Waals surface area contributed by atoms with Gasteiger partial charge in [-0.3, -0.25) is 0 Å². The van der Waals surface area contributed by atoms with E-state index in [2.05, 4.69) is 10.3 Å². The van der Waals surface area contributed by atoms with Crippen LogP contribution in [0.1, 0.15) is 19.5 Å². The zero-order chi connectivity index (χ0) is 13.1. The normalized spacial score (nSPS) is 13.8. The van der Waals surface area contributed by atoms with Crippen molar-refractivity contribution in [3.05, 3.63) is 23.9 Å². The molecule has 0 bridgehead atoms. The van der Waals surface area contributed by atoms with E-state index in [1.807, 2.05) is 13.8 Å². The molecule has 0 saturated carbocycles. The Balaban J connectivity index is 2.67. The quantitative estimate of drug-likeness (QED) is 0.839. The standard InChI is InChI=1S/C11H14ClF3N2/c1-7(2)8(12)6-16-10-5-3-4-9(17-10)11(13,14)15/h3-5,7-8H,6H2,1-2H3,(H,16,17). The Morgan fingerprint density at radius 3 is 2.53 bits per heavy atom. The Labute approximate surface area is 103 Å². The van der Waals surface area contributed by atoms with Crippen LogP contribution in [-0.4, -0.2) is 16.9 Å². The summed E-state index contributed by atoms with van der Waals surface area (Å²) in [5.41, 5.74) is -0.904. The van der Waals surface area contributed by atoms with Gasteiger partial charge in [-0.25, -0.2) is 4.98 Å². The maximum absolute atomic E-state index is 12.4.